The zero-order valence-corrected chi connectivity index (χ0v) is 30.0. The highest BCUT2D eigenvalue weighted by Crippen LogP contribution is 2.46. The average molecular weight is 770 g/mol. The third kappa shape index (κ3) is 6.87. The zero-order chi connectivity index (χ0) is 40.3. The number of phenols is 1. The van der Waals surface area contributed by atoms with Gasteiger partial charge in [-0.05, 0) is 45.4 Å². The fourth-order valence-corrected chi connectivity index (χ4v) is 7.10. The summed E-state index contributed by atoms with van der Waals surface area (Å²) in [6, 6.07) is 6.77. The third-order valence-electron chi connectivity index (χ3n) is 9.89. The Kier molecular flexibility index (Phi) is 10.6. The predicted octanol–water partition coefficient (Wildman–Crippen LogP) is 1.44. The van der Waals surface area contributed by atoms with Crippen LogP contribution in [-0.4, -0.2) is 111 Å². The number of hydrogen-bond donors (Lipinski definition) is 7. The standard InChI is InChI=1S/C33H35NO13.C4H4O4/c1-11-9-10-16-19-17(11)29(38)46-25-18-14(24(36)21(20(19)25)30(39)44-16)7-6-8-15(18)45-32-28(33(4,40)27(37)13(3)43-32)47-31-22(34)26(41-5)23(35)12(2)42-31;5-3(6)1-2-4(7)8/h6-10,12-13,22-23,26-28,31-32,35-37,40H,34H2,1-5H3;1-2H,(H,5,6)(H,7,8)/b;2-1+/t12-,13-,22-,23+,26-,27+,28+,31-,32+,33+;/m1./s1. The van der Waals surface area contributed by atoms with Gasteiger partial charge in [-0.1, -0.05) is 18.2 Å². The summed E-state index contributed by atoms with van der Waals surface area (Å²) >= 11 is 0. The molecule has 2 aliphatic heterocycles. The van der Waals surface area contributed by atoms with Crippen molar-refractivity contribution in [3.63, 3.8) is 0 Å². The SMILES string of the molecule is CO[C@@H]1[C@@H](N)[C@@H](O[C@H]2[C@H](Oc3cccc4c(O)c5c(=O)oc6ccc(C)c7c(=O)oc(c34)c5c67)O[C@H](C)[C@H](O)[C@]2(C)O)O[C@H](C)[C@@H]1O.O=C(O)/C=C/C(=O)O. The van der Waals surface area contributed by atoms with Crippen molar-refractivity contribution in [1.82, 2.24) is 0 Å². The van der Waals surface area contributed by atoms with Gasteiger partial charge < -0.3 is 68.9 Å². The van der Waals surface area contributed by atoms with Crippen LogP contribution in [0.2, 0.25) is 0 Å². The number of aryl methyl sites for hydroxylation is 1. The van der Waals surface area contributed by atoms with Crippen LogP contribution in [0.1, 0.15) is 26.3 Å². The van der Waals surface area contributed by atoms with Gasteiger partial charge in [-0.3, -0.25) is 0 Å². The Morgan fingerprint density at radius 1 is 0.873 bits per heavy atom. The average Bonchev–Trinajstić information content (AvgIpc) is 3.12. The molecule has 3 aromatic carbocycles. The van der Waals surface area contributed by atoms with E-state index in [1.165, 1.54) is 33.1 Å². The molecule has 0 amide bonds. The monoisotopic (exact) mass is 769 g/mol. The third-order valence-corrected chi connectivity index (χ3v) is 9.89. The number of aliphatic hydroxyl groups is 3. The molecule has 2 aromatic heterocycles. The van der Waals surface area contributed by atoms with Gasteiger partial charge in [0.25, 0.3) is 0 Å². The van der Waals surface area contributed by atoms with E-state index in [0.717, 1.165) is 0 Å². The van der Waals surface area contributed by atoms with Gasteiger partial charge in [0.2, 0.25) is 6.29 Å². The fourth-order valence-electron chi connectivity index (χ4n) is 7.10. The van der Waals surface area contributed by atoms with Crippen molar-refractivity contribution in [3.05, 3.63) is 68.9 Å². The number of carboxylic acid groups (broad SMARTS) is 2. The van der Waals surface area contributed by atoms with Gasteiger partial charge in [0.1, 0.15) is 46.4 Å². The lowest BCUT2D eigenvalue weighted by Gasteiger charge is -2.50. The first-order valence-electron chi connectivity index (χ1n) is 16.9. The van der Waals surface area contributed by atoms with Gasteiger partial charge in [-0.15, -0.1) is 0 Å². The Morgan fingerprint density at radius 2 is 1.51 bits per heavy atom. The Hall–Kier alpha value is -5.18. The van der Waals surface area contributed by atoms with Crippen molar-refractivity contribution >= 4 is 55.4 Å². The van der Waals surface area contributed by atoms with E-state index < -0.39 is 89.8 Å². The molecule has 2 saturated heterocycles. The van der Waals surface area contributed by atoms with Gasteiger partial charge in [-0.25, -0.2) is 19.2 Å². The van der Waals surface area contributed by atoms with Crippen molar-refractivity contribution in [3.8, 4) is 11.5 Å². The zero-order valence-electron chi connectivity index (χ0n) is 30.0. The quantitative estimate of drug-likeness (QED) is 0.0533. The number of hydrogen-bond acceptors (Lipinski definition) is 16. The summed E-state index contributed by atoms with van der Waals surface area (Å²) in [6.45, 7) is 6.21. The van der Waals surface area contributed by atoms with Gasteiger partial charge in [0, 0.05) is 35.4 Å². The number of aromatic hydroxyl groups is 1. The lowest BCUT2D eigenvalue weighted by molar-refractivity contribution is -0.356. The van der Waals surface area contributed by atoms with Crippen LogP contribution in [0.25, 0.3) is 43.5 Å². The molecule has 5 aromatic rings. The Bertz CT molecular complexity index is 2400. The summed E-state index contributed by atoms with van der Waals surface area (Å²) in [6.07, 6.45) is -8.10. The second-order valence-electron chi connectivity index (χ2n) is 13.6. The summed E-state index contributed by atoms with van der Waals surface area (Å²) in [7, 11) is 1.39. The molecule has 0 saturated carbocycles. The van der Waals surface area contributed by atoms with Crippen molar-refractivity contribution in [2.45, 2.75) is 88.5 Å². The molecule has 2 aliphatic rings. The van der Waals surface area contributed by atoms with E-state index in [4.69, 9.17) is 48.5 Å². The number of carboxylic acids is 2. The number of methoxy groups -OCH3 is 1. The summed E-state index contributed by atoms with van der Waals surface area (Å²) in [5.74, 6) is -2.90. The number of fused-ring (bicyclic) bond motifs is 2. The highest BCUT2D eigenvalue weighted by molar-refractivity contribution is 6.28. The summed E-state index contributed by atoms with van der Waals surface area (Å²) in [4.78, 5) is 45.7. The van der Waals surface area contributed by atoms with Gasteiger partial charge in [0.05, 0.1) is 29.0 Å². The number of aliphatic hydroxyl groups excluding tert-OH is 2. The lowest BCUT2D eigenvalue weighted by atomic mass is 9.86. The van der Waals surface area contributed by atoms with Crippen LogP contribution in [-0.2, 0) is 28.5 Å². The molecule has 10 atom stereocenters. The minimum absolute atomic E-state index is 0.0328. The molecule has 8 N–H and O–H groups in total. The number of carbonyl (C=O) groups is 2. The summed E-state index contributed by atoms with van der Waals surface area (Å²) in [5.41, 5.74) is 3.52. The second-order valence-corrected chi connectivity index (χ2v) is 13.6. The number of rotatable bonds is 7. The number of nitrogens with two attached hydrogens (primary N) is 1. The molecular weight excluding hydrogens is 730 g/mol. The minimum Gasteiger partial charge on any atom is -0.506 e. The molecule has 18 heteroatoms. The van der Waals surface area contributed by atoms with Crippen LogP contribution in [0.3, 0.4) is 0 Å². The van der Waals surface area contributed by atoms with Gasteiger partial charge in [0.15, 0.2) is 18.0 Å². The van der Waals surface area contributed by atoms with Crippen LogP contribution in [0, 0.1) is 6.92 Å². The van der Waals surface area contributed by atoms with Crippen molar-refractivity contribution in [2.75, 3.05) is 7.11 Å². The van der Waals surface area contributed by atoms with Crippen molar-refractivity contribution < 1.29 is 72.7 Å². The first-order valence-corrected chi connectivity index (χ1v) is 16.9. The van der Waals surface area contributed by atoms with Crippen LogP contribution in [0.5, 0.6) is 11.5 Å². The largest absolute Gasteiger partial charge is 0.506 e. The number of benzene rings is 3. The summed E-state index contributed by atoms with van der Waals surface area (Å²) < 4.78 is 41.2. The minimum atomic E-state index is -1.99. The topological polar surface area (TPSA) is 288 Å². The van der Waals surface area contributed by atoms with E-state index in [1.54, 1.807) is 32.0 Å². The molecule has 7 rings (SSSR count). The Morgan fingerprint density at radius 3 is 2.15 bits per heavy atom. The number of ether oxygens (including phenoxy) is 5. The van der Waals surface area contributed by atoms with Gasteiger partial charge >= 0.3 is 23.2 Å². The molecule has 0 aliphatic carbocycles. The van der Waals surface area contributed by atoms with Crippen LogP contribution >= 0.6 is 0 Å². The fraction of sp³-hybridized carbons (Fsp3) is 0.405. The molecule has 0 bridgehead atoms. The maximum absolute atomic E-state index is 13.4. The highest BCUT2D eigenvalue weighted by atomic mass is 16.7. The highest BCUT2D eigenvalue weighted by Gasteiger charge is 2.56. The normalized spacial score (nSPS) is 29.9. The first kappa shape index (κ1) is 39.5. The smallest absolute Gasteiger partial charge is 0.348 e. The first-order chi connectivity index (χ1) is 25.9. The van der Waals surface area contributed by atoms with Crippen LogP contribution in [0.15, 0.2) is 60.9 Å². The van der Waals surface area contributed by atoms with Crippen molar-refractivity contribution in [2.24, 2.45) is 5.73 Å². The Labute approximate surface area is 309 Å². The molecule has 294 valence electrons. The van der Waals surface area contributed by atoms with E-state index in [1.807, 2.05) is 0 Å². The second kappa shape index (κ2) is 14.8. The maximum atomic E-state index is 13.4. The molecule has 4 heterocycles. The molecule has 0 radical (unpaired) electrons. The van der Waals surface area contributed by atoms with Crippen LogP contribution in [0.4, 0.5) is 0 Å². The van der Waals surface area contributed by atoms with E-state index in [0.29, 0.717) is 23.1 Å². The number of aliphatic carboxylic acids is 2. The van der Waals surface area contributed by atoms with Crippen molar-refractivity contribution in [1.29, 1.82) is 0 Å². The van der Waals surface area contributed by atoms with Gasteiger partial charge in [-0.2, -0.15) is 0 Å². The lowest BCUT2D eigenvalue weighted by Crippen LogP contribution is -2.69. The predicted molar refractivity (Wildman–Crippen MR) is 191 cm³/mol. The van der Waals surface area contributed by atoms with Crippen LogP contribution < -0.4 is 21.7 Å². The molecule has 0 unspecified atom stereocenters. The molecular formula is C37H39NO17. The van der Waals surface area contributed by atoms with E-state index in [9.17, 15) is 39.6 Å². The Balaban J connectivity index is 0.000000581. The molecule has 18 nitrogen and oxygen atoms in total. The van der Waals surface area contributed by atoms with E-state index in [-0.39, 0.29) is 43.8 Å². The van der Waals surface area contributed by atoms with E-state index in [2.05, 4.69) is 0 Å². The molecule has 55 heavy (non-hydrogen) atoms. The molecule has 0 spiro atoms. The number of phenolic OH excluding ortho intramolecular Hbond substituents is 1. The molecule has 2 fully saturated rings. The maximum Gasteiger partial charge on any atom is 0.348 e. The summed E-state index contributed by atoms with van der Waals surface area (Å²) in [5, 5.41) is 60.9. The van der Waals surface area contributed by atoms with E-state index >= 15 is 0 Å².